The highest BCUT2D eigenvalue weighted by Gasteiger charge is 2.34. The van der Waals surface area contributed by atoms with Crippen molar-refractivity contribution in [3.05, 3.63) is 35.9 Å². The van der Waals surface area contributed by atoms with Crippen molar-refractivity contribution >= 4 is 0 Å². The molecule has 1 aromatic carbocycles. The van der Waals surface area contributed by atoms with E-state index in [1.54, 1.807) is 0 Å². The molecule has 2 atom stereocenters. The Kier molecular flexibility index (Phi) is 4.64. The summed E-state index contributed by atoms with van der Waals surface area (Å²) in [4.78, 5) is 2.55. The van der Waals surface area contributed by atoms with Gasteiger partial charge < -0.3 is 0 Å². The molecule has 1 N–H and O–H groups in total. The summed E-state index contributed by atoms with van der Waals surface area (Å²) in [5, 5.41) is 3.72. The maximum absolute atomic E-state index is 3.72. The van der Waals surface area contributed by atoms with Crippen LogP contribution < -0.4 is 5.32 Å². The normalized spacial score (nSPS) is 25.5. The second-order valence-corrected chi connectivity index (χ2v) is 6.86. The Bertz CT molecular complexity index is 380. The fourth-order valence-electron chi connectivity index (χ4n) is 3.25. The van der Waals surface area contributed by atoms with Crippen molar-refractivity contribution in [3.63, 3.8) is 0 Å². The van der Waals surface area contributed by atoms with E-state index in [-0.39, 0.29) is 0 Å². The van der Waals surface area contributed by atoms with E-state index < -0.39 is 0 Å². The SMILES string of the molecule is CN1C(NCc2ccccc2)CCCC1C(C)(C)C. The lowest BCUT2D eigenvalue weighted by molar-refractivity contribution is 0.0268. The molecule has 1 aliphatic heterocycles. The van der Waals surface area contributed by atoms with Gasteiger partial charge in [-0.2, -0.15) is 0 Å². The molecule has 0 aromatic heterocycles. The lowest BCUT2D eigenvalue weighted by Gasteiger charge is -2.46. The van der Waals surface area contributed by atoms with Crippen LogP contribution in [-0.4, -0.2) is 24.2 Å². The second-order valence-electron chi connectivity index (χ2n) is 6.86. The molecule has 2 nitrogen and oxygen atoms in total. The molecule has 106 valence electrons. The molecule has 0 saturated carbocycles. The smallest absolute Gasteiger partial charge is 0.0599 e. The van der Waals surface area contributed by atoms with Gasteiger partial charge in [-0.1, -0.05) is 51.1 Å². The van der Waals surface area contributed by atoms with E-state index >= 15 is 0 Å². The van der Waals surface area contributed by atoms with Gasteiger partial charge in [0.1, 0.15) is 0 Å². The van der Waals surface area contributed by atoms with Crippen molar-refractivity contribution in [1.82, 2.24) is 10.2 Å². The molecule has 2 unspecified atom stereocenters. The number of rotatable bonds is 3. The third kappa shape index (κ3) is 3.80. The molecule has 1 heterocycles. The van der Waals surface area contributed by atoms with Gasteiger partial charge in [0.05, 0.1) is 6.17 Å². The first kappa shape index (κ1) is 14.5. The highest BCUT2D eigenvalue weighted by atomic mass is 15.3. The molecule has 19 heavy (non-hydrogen) atoms. The number of likely N-dealkylation sites (tertiary alicyclic amines) is 1. The lowest BCUT2D eigenvalue weighted by Crippen LogP contribution is -2.55. The molecular weight excluding hydrogens is 232 g/mol. The van der Waals surface area contributed by atoms with Gasteiger partial charge in [0, 0.05) is 12.6 Å². The van der Waals surface area contributed by atoms with Gasteiger partial charge in [0.25, 0.3) is 0 Å². The van der Waals surface area contributed by atoms with Gasteiger partial charge in [0.2, 0.25) is 0 Å². The van der Waals surface area contributed by atoms with Crippen LogP contribution >= 0.6 is 0 Å². The highest BCUT2D eigenvalue weighted by molar-refractivity contribution is 5.14. The largest absolute Gasteiger partial charge is 0.298 e. The lowest BCUT2D eigenvalue weighted by atomic mass is 9.80. The molecular formula is C17H28N2. The average molecular weight is 260 g/mol. The zero-order valence-corrected chi connectivity index (χ0v) is 12.8. The van der Waals surface area contributed by atoms with Gasteiger partial charge >= 0.3 is 0 Å². The van der Waals surface area contributed by atoms with Crippen LogP contribution in [0.4, 0.5) is 0 Å². The fourth-order valence-corrected chi connectivity index (χ4v) is 3.25. The third-order valence-corrected chi connectivity index (χ3v) is 4.32. The number of hydrogen-bond acceptors (Lipinski definition) is 2. The summed E-state index contributed by atoms with van der Waals surface area (Å²) in [5.74, 6) is 0. The van der Waals surface area contributed by atoms with Crippen molar-refractivity contribution in [2.75, 3.05) is 7.05 Å². The number of nitrogens with zero attached hydrogens (tertiary/aromatic N) is 1. The van der Waals surface area contributed by atoms with Crippen molar-refractivity contribution < 1.29 is 0 Å². The van der Waals surface area contributed by atoms with Crippen LogP contribution in [0.25, 0.3) is 0 Å². The Morgan fingerprint density at radius 3 is 2.47 bits per heavy atom. The van der Waals surface area contributed by atoms with Crippen LogP contribution in [0.5, 0.6) is 0 Å². The molecule has 2 rings (SSSR count). The van der Waals surface area contributed by atoms with Gasteiger partial charge in [0.15, 0.2) is 0 Å². The quantitative estimate of drug-likeness (QED) is 0.892. The second kappa shape index (κ2) is 6.06. The van der Waals surface area contributed by atoms with E-state index in [9.17, 15) is 0 Å². The van der Waals surface area contributed by atoms with Crippen LogP contribution in [-0.2, 0) is 6.54 Å². The molecule has 0 spiro atoms. The molecule has 0 bridgehead atoms. The summed E-state index contributed by atoms with van der Waals surface area (Å²) in [6.45, 7) is 8.03. The Morgan fingerprint density at radius 1 is 1.16 bits per heavy atom. The standard InChI is InChI=1S/C17H28N2/c1-17(2,3)15-11-8-12-16(19(15)4)18-13-14-9-6-5-7-10-14/h5-7,9-10,15-16,18H,8,11-13H2,1-4H3. The first-order valence-corrected chi connectivity index (χ1v) is 7.48. The van der Waals surface area contributed by atoms with Gasteiger partial charge in [-0.25, -0.2) is 0 Å². The van der Waals surface area contributed by atoms with E-state index in [0.29, 0.717) is 17.6 Å². The predicted octanol–water partition coefficient (Wildman–Crippen LogP) is 3.63. The molecule has 1 fully saturated rings. The number of nitrogens with one attached hydrogen (secondary N) is 1. The van der Waals surface area contributed by atoms with Gasteiger partial charge in [-0.05, 0) is 37.3 Å². The topological polar surface area (TPSA) is 15.3 Å². The van der Waals surface area contributed by atoms with Gasteiger partial charge in [-0.15, -0.1) is 0 Å². The van der Waals surface area contributed by atoms with Gasteiger partial charge in [-0.3, -0.25) is 10.2 Å². The van der Waals surface area contributed by atoms with E-state index in [0.717, 1.165) is 6.54 Å². The van der Waals surface area contributed by atoms with Crippen molar-refractivity contribution in [1.29, 1.82) is 0 Å². The van der Waals surface area contributed by atoms with Crippen LogP contribution in [0.2, 0.25) is 0 Å². The molecule has 1 aliphatic rings. The maximum Gasteiger partial charge on any atom is 0.0599 e. The monoisotopic (exact) mass is 260 g/mol. The summed E-state index contributed by atoms with van der Waals surface area (Å²) < 4.78 is 0. The van der Waals surface area contributed by atoms with E-state index in [2.05, 4.69) is 68.4 Å². The van der Waals surface area contributed by atoms with E-state index in [1.165, 1.54) is 24.8 Å². The Labute approximate surface area is 118 Å². The summed E-state index contributed by atoms with van der Waals surface area (Å²) in [6.07, 6.45) is 4.43. The van der Waals surface area contributed by atoms with Crippen LogP contribution in [0.15, 0.2) is 30.3 Å². The summed E-state index contributed by atoms with van der Waals surface area (Å²) in [7, 11) is 2.28. The van der Waals surface area contributed by atoms with Crippen LogP contribution in [0.1, 0.15) is 45.6 Å². The van der Waals surface area contributed by atoms with E-state index in [4.69, 9.17) is 0 Å². The Balaban J connectivity index is 1.93. The molecule has 0 amide bonds. The summed E-state index contributed by atoms with van der Waals surface area (Å²) in [5.41, 5.74) is 1.73. The van der Waals surface area contributed by atoms with Crippen LogP contribution in [0.3, 0.4) is 0 Å². The highest BCUT2D eigenvalue weighted by Crippen LogP contribution is 2.32. The first-order valence-electron chi connectivity index (χ1n) is 7.48. The van der Waals surface area contributed by atoms with E-state index in [1.807, 2.05) is 0 Å². The molecule has 0 aliphatic carbocycles. The average Bonchev–Trinajstić information content (AvgIpc) is 2.37. The van der Waals surface area contributed by atoms with Crippen LogP contribution in [0, 0.1) is 5.41 Å². The maximum atomic E-state index is 3.72. The Morgan fingerprint density at radius 2 is 1.84 bits per heavy atom. The summed E-state index contributed by atoms with van der Waals surface area (Å²) >= 11 is 0. The molecule has 1 aromatic rings. The number of piperidine rings is 1. The summed E-state index contributed by atoms with van der Waals surface area (Å²) in [6, 6.07) is 11.4. The van der Waals surface area contributed by atoms with Crippen molar-refractivity contribution in [2.24, 2.45) is 5.41 Å². The predicted molar refractivity (Wildman–Crippen MR) is 81.9 cm³/mol. The minimum atomic E-state index is 0.363. The molecule has 1 saturated heterocycles. The van der Waals surface area contributed by atoms with Crippen molar-refractivity contribution in [3.8, 4) is 0 Å². The zero-order chi connectivity index (χ0) is 13.9. The molecule has 0 radical (unpaired) electrons. The minimum absolute atomic E-state index is 0.363. The Hall–Kier alpha value is -0.860. The van der Waals surface area contributed by atoms with Crippen molar-refractivity contribution in [2.45, 2.75) is 58.8 Å². The fraction of sp³-hybridized carbons (Fsp3) is 0.647. The minimum Gasteiger partial charge on any atom is -0.298 e. The first-order chi connectivity index (χ1) is 8.98. The third-order valence-electron chi connectivity index (χ3n) is 4.32. The number of hydrogen-bond donors (Lipinski definition) is 1. The molecule has 2 heteroatoms. The number of benzene rings is 1. The zero-order valence-electron chi connectivity index (χ0n) is 12.8.